The summed E-state index contributed by atoms with van der Waals surface area (Å²) in [5.74, 6) is 2.05. The Balaban J connectivity index is 1.86. The maximum Gasteiger partial charge on any atom is 0.266 e. The average Bonchev–Trinajstić information content (AvgIpc) is 3.13. The highest BCUT2D eigenvalue weighted by molar-refractivity contribution is 8.26. The molecule has 1 aliphatic rings. The molecule has 6 heteroatoms. The molecule has 0 N–H and O–H groups in total. The second-order valence-corrected chi connectivity index (χ2v) is 6.54. The van der Waals surface area contributed by atoms with Crippen LogP contribution in [0.1, 0.15) is 12.7 Å². The Kier molecular flexibility index (Phi) is 4.54. The molecule has 4 nitrogen and oxygen atoms in total. The van der Waals surface area contributed by atoms with Gasteiger partial charge < -0.3 is 9.15 Å². The summed E-state index contributed by atoms with van der Waals surface area (Å²) in [5.41, 5.74) is 0.921. The van der Waals surface area contributed by atoms with Gasteiger partial charge in [-0.05, 0) is 31.2 Å². The molecule has 0 radical (unpaired) electrons. The third-order valence-corrected chi connectivity index (χ3v) is 4.82. The van der Waals surface area contributed by atoms with Crippen LogP contribution in [0, 0.1) is 0 Å². The van der Waals surface area contributed by atoms with Crippen molar-refractivity contribution in [3.8, 4) is 17.1 Å². The Labute approximate surface area is 144 Å². The summed E-state index contributed by atoms with van der Waals surface area (Å²) in [6.45, 7) is 2.48. The standard InChI is InChI=1S/C17H15NO3S2/c1-3-18-16(19)15(23-17(18)22)10-13-7-8-14(21-13)11-5-4-6-12(9-11)20-2/h4-10H,3H2,1-2H3. The molecule has 0 atom stereocenters. The number of carbonyl (C=O) groups excluding carboxylic acids is 1. The Bertz CT molecular complexity index is 795. The van der Waals surface area contributed by atoms with Gasteiger partial charge in [0.25, 0.3) is 5.91 Å². The molecule has 23 heavy (non-hydrogen) atoms. The van der Waals surface area contributed by atoms with Gasteiger partial charge in [0.2, 0.25) is 0 Å². The van der Waals surface area contributed by atoms with Crippen LogP contribution in [0.5, 0.6) is 5.75 Å². The second kappa shape index (κ2) is 6.60. The number of amides is 1. The van der Waals surface area contributed by atoms with Gasteiger partial charge in [-0.1, -0.05) is 36.1 Å². The summed E-state index contributed by atoms with van der Waals surface area (Å²) >= 11 is 6.50. The maximum absolute atomic E-state index is 12.2. The number of likely N-dealkylation sites (N-methyl/N-ethyl adjacent to an activating group) is 1. The number of benzene rings is 1. The second-order valence-electron chi connectivity index (χ2n) is 4.86. The molecule has 1 aromatic carbocycles. The number of ether oxygens (including phenoxy) is 1. The van der Waals surface area contributed by atoms with Gasteiger partial charge in [-0.3, -0.25) is 9.69 Å². The lowest BCUT2D eigenvalue weighted by Crippen LogP contribution is -2.27. The van der Waals surface area contributed by atoms with Gasteiger partial charge in [0.1, 0.15) is 21.6 Å². The fraction of sp³-hybridized carbons (Fsp3) is 0.176. The first-order valence-corrected chi connectivity index (χ1v) is 8.34. The summed E-state index contributed by atoms with van der Waals surface area (Å²) in [7, 11) is 1.63. The average molecular weight is 345 g/mol. The summed E-state index contributed by atoms with van der Waals surface area (Å²) in [6.07, 6.45) is 1.73. The van der Waals surface area contributed by atoms with Crippen molar-refractivity contribution in [1.29, 1.82) is 0 Å². The van der Waals surface area contributed by atoms with Gasteiger partial charge in [-0.25, -0.2) is 0 Å². The number of hydrogen-bond acceptors (Lipinski definition) is 5. The van der Waals surface area contributed by atoms with E-state index in [2.05, 4.69) is 0 Å². The van der Waals surface area contributed by atoms with Crippen molar-refractivity contribution in [3.63, 3.8) is 0 Å². The number of hydrogen-bond donors (Lipinski definition) is 0. The number of methoxy groups -OCH3 is 1. The quantitative estimate of drug-likeness (QED) is 0.614. The molecule has 0 saturated carbocycles. The Morgan fingerprint density at radius 3 is 2.87 bits per heavy atom. The summed E-state index contributed by atoms with van der Waals surface area (Å²) < 4.78 is 11.6. The highest BCUT2D eigenvalue weighted by atomic mass is 32.2. The fourth-order valence-corrected chi connectivity index (χ4v) is 3.63. The van der Waals surface area contributed by atoms with E-state index >= 15 is 0 Å². The van der Waals surface area contributed by atoms with E-state index in [-0.39, 0.29) is 5.91 Å². The molecular weight excluding hydrogens is 330 g/mol. The van der Waals surface area contributed by atoms with Gasteiger partial charge in [-0.2, -0.15) is 0 Å². The first-order valence-electron chi connectivity index (χ1n) is 7.12. The normalized spacial score (nSPS) is 16.4. The number of thioether (sulfide) groups is 1. The Hall–Kier alpha value is -2.05. The van der Waals surface area contributed by atoms with Gasteiger partial charge in [0.05, 0.1) is 12.0 Å². The zero-order valence-electron chi connectivity index (χ0n) is 12.7. The van der Waals surface area contributed by atoms with Gasteiger partial charge >= 0.3 is 0 Å². The number of nitrogens with zero attached hydrogens (tertiary/aromatic N) is 1. The predicted molar refractivity (Wildman–Crippen MR) is 96.2 cm³/mol. The van der Waals surface area contributed by atoms with Crippen LogP contribution in [0.2, 0.25) is 0 Å². The van der Waals surface area contributed by atoms with Crippen molar-refractivity contribution in [2.45, 2.75) is 6.92 Å². The molecule has 1 fully saturated rings. The van der Waals surface area contributed by atoms with Crippen molar-refractivity contribution in [3.05, 3.63) is 47.1 Å². The fourth-order valence-electron chi connectivity index (χ4n) is 2.26. The van der Waals surface area contributed by atoms with E-state index in [4.69, 9.17) is 21.4 Å². The molecule has 2 aromatic rings. The van der Waals surface area contributed by atoms with E-state index in [1.165, 1.54) is 11.8 Å². The van der Waals surface area contributed by atoms with Crippen molar-refractivity contribution in [2.75, 3.05) is 13.7 Å². The molecule has 0 unspecified atom stereocenters. The molecule has 118 valence electrons. The summed E-state index contributed by atoms with van der Waals surface area (Å²) in [4.78, 5) is 14.4. The van der Waals surface area contributed by atoms with Crippen molar-refractivity contribution < 1.29 is 13.9 Å². The highest BCUT2D eigenvalue weighted by Gasteiger charge is 2.30. The molecule has 0 spiro atoms. The third kappa shape index (κ3) is 3.18. The van der Waals surface area contributed by atoms with Crippen LogP contribution in [-0.4, -0.2) is 28.8 Å². The monoisotopic (exact) mass is 345 g/mol. The number of carbonyl (C=O) groups is 1. The van der Waals surface area contributed by atoms with Crippen LogP contribution < -0.4 is 4.74 Å². The summed E-state index contributed by atoms with van der Waals surface area (Å²) in [5, 5.41) is 0. The first-order chi connectivity index (χ1) is 11.1. The maximum atomic E-state index is 12.2. The Morgan fingerprint density at radius 2 is 2.17 bits per heavy atom. The van der Waals surface area contributed by atoms with E-state index in [1.54, 1.807) is 18.1 Å². The lowest BCUT2D eigenvalue weighted by molar-refractivity contribution is -0.121. The van der Waals surface area contributed by atoms with Crippen LogP contribution >= 0.6 is 24.0 Å². The minimum Gasteiger partial charge on any atom is -0.497 e. The van der Waals surface area contributed by atoms with Crippen LogP contribution in [0.25, 0.3) is 17.4 Å². The molecule has 1 aromatic heterocycles. The van der Waals surface area contributed by atoms with Crippen molar-refractivity contribution >= 4 is 40.3 Å². The minimum atomic E-state index is -0.0677. The SMILES string of the molecule is CCN1C(=O)C(=Cc2ccc(-c3cccc(OC)c3)o2)SC1=S. The molecule has 3 rings (SSSR count). The lowest BCUT2D eigenvalue weighted by atomic mass is 10.2. The minimum absolute atomic E-state index is 0.0677. The molecule has 1 saturated heterocycles. The van der Waals surface area contributed by atoms with Crippen LogP contribution in [0.15, 0.2) is 45.7 Å². The van der Waals surface area contributed by atoms with Gasteiger partial charge in [0.15, 0.2) is 0 Å². The van der Waals surface area contributed by atoms with Crippen molar-refractivity contribution in [1.82, 2.24) is 4.90 Å². The topological polar surface area (TPSA) is 42.7 Å². The highest BCUT2D eigenvalue weighted by Crippen LogP contribution is 2.33. The van der Waals surface area contributed by atoms with E-state index in [0.29, 0.717) is 21.5 Å². The third-order valence-electron chi connectivity index (χ3n) is 3.44. The van der Waals surface area contributed by atoms with Crippen LogP contribution in [0.4, 0.5) is 0 Å². The van der Waals surface area contributed by atoms with Crippen LogP contribution in [0.3, 0.4) is 0 Å². The Morgan fingerprint density at radius 1 is 1.35 bits per heavy atom. The number of thiocarbonyl (C=S) groups is 1. The van der Waals surface area contributed by atoms with E-state index < -0.39 is 0 Å². The van der Waals surface area contributed by atoms with E-state index in [0.717, 1.165) is 17.1 Å². The molecule has 2 heterocycles. The van der Waals surface area contributed by atoms with Gasteiger partial charge in [-0.15, -0.1) is 0 Å². The largest absolute Gasteiger partial charge is 0.497 e. The zero-order valence-corrected chi connectivity index (χ0v) is 14.4. The van der Waals surface area contributed by atoms with Gasteiger partial charge in [0, 0.05) is 18.2 Å². The zero-order chi connectivity index (χ0) is 16.4. The molecular formula is C17H15NO3S2. The van der Waals surface area contributed by atoms with E-state index in [9.17, 15) is 4.79 Å². The predicted octanol–water partition coefficient (Wildman–Crippen LogP) is 4.18. The molecule has 0 aliphatic carbocycles. The van der Waals surface area contributed by atoms with E-state index in [1.807, 2.05) is 43.3 Å². The smallest absolute Gasteiger partial charge is 0.266 e. The summed E-state index contributed by atoms with van der Waals surface area (Å²) in [6, 6.07) is 11.3. The molecule has 0 bridgehead atoms. The lowest BCUT2D eigenvalue weighted by Gasteiger charge is -2.09. The molecule has 1 aliphatic heterocycles. The van der Waals surface area contributed by atoms with Crippen molar-refractivity contribution in [2.24, 2.45) is 0 Å². The number of rotatable bonds is 4. The van der Waals surface area contributed by atoms with Crippen LogP contribution in [-0.2, 0) is 4.79 Å². The first kappa shape index (κ1) is 15.8. The molecule has 1 amide bonds. The number of furan rings is 1.